The van der Waals surface area contributed by atoms with Gasteiger partial charge in [-0.05, 0) is 25.1 Å². The second kappa shape index (κ2) is 5.88. The molecule has 0 aliphatic carbocycles. The maximum absolute atomic E-state index is 11.9. The van der Waals surface area contributed by atoms with Crippen molar-refractivity contribution >= 4 is 15.7 Å². The standard InChI is InChI=1S/C11H18N2O3S/c1-13(17(14,15)8-4-7-12)10-5-3-6-11(9-10)16-2/h3,5-6,9H,4,7-8,12H2,1-2H3. The van der Waals surface area contributed by atoms with Crippen LogP contribution in [0.25, 0.3) is 0 Å². The van der Waals surface area contributed by atoms with Crippen LogP contribution >= 0.6 is 0 Å². The topological polar surface area (TPSA) is 72.6 Å². The summed E-state index contributed by atoms with van der Waals surface area (Å²) in [5.74, 6) is 0.681. The fourth-order valence-corrected chi connectivity index (χ4v) is 2.61. The van der Waals surface area contributed by atoms with E-state index in [-0.39, 0.29) is 5.75 Å². The number of nitrogens with two attached hydrogens (primary N) is 1. The van der Waals surface area contributed by atoms with Gasteiger partial charge < -0.3 is 10.5 Å². The van der Waals surface area contributed by atoms with E-state index < -0.39 is 10.0 Å². The lowest BCUT2D eigenvalue weighted by molar-refractivity contribution is 0.415. The molecule has 2 N–H and O–H groups in total. The Labute approximate surface area is 102 Å². The number of hydrogen-bond donors (Lipinski definition) is 1. The molecule has 1 aromatic carbocycles. The van der Waals surface area contributed by atoms with E-state index in [1.807, 2.05) is 0 Å². The predicted octanol–water partition coefficient (Wildman–Crippen LogP) is 0.810. The van der Waals surface area contributed by atoms with Crippen LogP contribution in [0.15, 0.2) is 24.3 Å². The zero-order chi connectivity index (χ0) is 12.9. The lowest BCUT2D eigenvalue weighted by Crippen LogP contribution is -2.29. The first-order valence-electron chi connectivity index (χ1n) is 5.32. The summed E-state index contributed by atoms with van der Waals surface area (Å²) in [7, 11) is -0.231. The largest absolute Gasteiger partial charge is 0.497 e. The van der Waals surface area contributed by atoms with E-state index in [0.29, 0.717) is 24.4 Å². The zero-order valence-corrected chi connectivity index (χ0v) is 10.9. The Morgan fingerprint density at radius 2 is 2.12 bits per heavy atom. The summed E-state index contributed by atoms with van der Waals surface area (Å²) in [5.41, 5.74) is 5.90. The first-order valence-corrected chi connectivity index (χ1v) is 6.93. The molecule has 0 amide bonds. The van der Waals surface area contributed by atoms with Crippen LogP contribution in [0.3, 0.4) is 0 Å². The molecule has 0 unspecified atom stereocenters. The van der Waals surface area contributed by atoms with Gasteiger partial charge in [0.25, 0.3) is 0 Å². The molecule has 17 heavy (non-hydrogen) atoms. The minimum absolute atomic E-state index is 0.0528. The first kappa shape index (κ1) is 13.8. The van der Waals surface area contributed by atoms with E-state index in [1.54, 1.807) is 31.4 Å². The van der Waals surface area contributed by atoms with Gasteiger partial charge >= 0.3 is 0 Å². The smallest absolute Gasteiger partial charge is 0.234 e. The molecule has 0 fully saturated rings. The van der Waals surface area contributed by atoms with E-state index >= 15 is 0 Å². The molecule has 0 saturated carbocycles. The molecular weight excluding hydrogens is 240 g/mol. The fourth-order valence-electron chi connectivity index (χ4n) is 1.37. The van der Waals surface area contributed by atoms with Crippen molar-refractivity contribution in [1.29, 1.82) is 0 Å². The van der Waals surface area contributed by atoms with Crippen LogP contribution in [0.4, 0.5) is 5.69 Å². The molecule has 0 aliphatic heterocycles. The summed E-state index contributed by atoms with van der Waals surface area (Å²) in [4.78, 5) is 0. The third-order valence-corrected chi connectivity index (χ3v) is 4.29. The van der Waals surface area contributed by atoms with Crippen LogP contribution in [-0.4, -0.2) is 34.9 Å². The average Bonchev–Trinajstić information content (AvgIpc) is 2.35. The molecule has 5 nitrogen and oxygen atoms in total. The van der Waals surface area contributed by atoms with Crippen molar-refractivity contribution in [3.05, 3.63) is 24.3 Å². The molecule has 0 spiro atoms. The van der Waals surface area contributed by atoms with Gasteiger partial charge in [0.05, 0.1) is 18.6 Å². The summed E-state index contributed by atoms with van der Waals surface area (Å²) in [5, 5.41) is 0. The number of ether oxygens (including phenoxy) is 1. The van der Waals surface area contributed by atoms with Crippen LogP contribution < -0.4 is 14.8 Å². The molecule has 1 rings (SSSR count). The highest BCUT2D eigenvalue weighted by molar-refractivity contribution is 7.92. The maximum atomic E-state index is 11.9. The first-order chi connectivity index (χ1) is 8.01. The highest BCUT2D eigenvalue weighted by Gasteiger charge is 2.17. The molecular formula is C11H18N2O3S. The molecule has 0 radical (unpaired) electrons. The molecule has 0 aliphatic rings. The molecule has 0 bridgehead atoms. The summed E-state index contributed by atoms with van der Waals surface area (Å²) in [6.07, 6.45) is 0.455. The predicted molar refractivity (Wildman–Crippen MR) is 68.9 cm³/mol. The minimum Gasteiger partial charge on any atom is -0.497 e. The highest BCUT2D eigenvalue weighted by Crippen LogP contribution is 2.22. The van der Waals surface area contributed by atoms with Crippen LogP contribution in [0.2, 0.25) is 0 Å². The lowest BCUT2D eigenvalue weighted by atomic mass is 10.3. The highest BCUT2D eigenvalue weighted by atomic mass is 32.2. The van der Waals surface area contributed by atoms with Gasteiger partial charge in [0.15, 0.2) is 0 Å². The van der Waals surface area contributed by atoms with Crippen LogP contribution in [-0.2, 0) is 10.0 Å². The monoisotopic (exact) mass is 258 g/mol. The number of anilines is 1. The van der Waals surface area contributed by atoms with Crippen molar-refractivity contribution in [2.75, 3.05) is 30.8 Å². The summed E-state index contributed by atoms with van der Waals surface area (Å²) in [6, 6.07) is 6.93. The fraction of sp³-hybridized carbons (Fsp3) is 0.455. The van der Waals surface area contributed by atoms with Crippen molar-refractivity contribution in [3.63, 3.8) is 0 Å². The van der Waals surface area contributed by atoms with Crippen molar-refractivity contribution in [2.45, 2.75) is 6.42 Å². The number of benzene rings is 1. The number of rotatable bonds is 6. The van der Waals surface area contributed by atoms with E-state index in [4.69, 9.17) is 10.5 Å². The van der Waals surface area contributed by atoms with Gasteiger partial charge in [0.1, 0.15) is 5.75 Å². The van der Waals surface area contributed by atoms with E-state index in [1.165, 1.54) is 11.4 Å². The Morgan fingerprint density at radius 1 is 1.41 bits per heavy atom. The van der Waals surface area contributed by atoms with Crippen LogP contribution in [0.5, 0.6) is 5.75 Å². The number of sulfonamides is 1. The van der Waals surface area contributed by atoms with Gasteiger partial charge in [-0.2, -0.15) is 0 Å². The molecule has 1 aromatic rings. The van der Waals surface area contributed by atoms with E-state index in [2.05, 4.69) is 0 Å². The number of hydrogen-bond acceptors (Lipinski definition) is 4. The Morgan fingerprint density at radius 3 is 2.71 bits per heavy atom. The van der Waals surface area contributed by atoms with Crippen LogP contribution in [0, 0.1) is 0 Å². The normalized spacial score (nSPS) is 11.2. The van der Waals surface area contributed by atoms with Gasteiger partial charge in [-0.25, -0.2) is 8.42 Å². The molecule has 0 aromatic heterocycles. The van der Waals surface area contributed by atoms with E-state index in [9.17, 15) is 8.42 Å². The zero-order valence-electron chi connectivity index (χ0n) is 10.1. The summed E-state index contributed by atoms with van der Waals surface area (Å²) < 4.78 is 30.2. The molecule has 0 atom stereocenters. The van der Waals surface area contributed by atoms with Crippen molar-refractivity contribution < 1.29 is 13.2 Å². The summed E-state index contributed by atoms with van der Waals surface area (Å²) in [6.45, 7) is 0.366. The summed E-state index contributed by atoms with van der Waals surface area (Å²) >= 11 is 0. The third-order valence-electron chi connectivity index (χ3n) is 2.44. The molecule has 6 heteroatoms. The third kappa shape index (κ3) is 3.61. The Balaban J connectivity index is 2.91. The van der Waals surface area contributed by atoms with Crippen molar-refractivity contribution in [2.24, 2.45) is 5.73 Å². The molecule has 0 saturated heterocycles. The number of nitrogens with zero attached hydrogens (tertiary/aromatic N) is 1. The average molecular weight is 258 g/mol. The Kier molecular flexibility index (Phi) is 4.77. The SMILES string of the molecule is COc1cccc(N(C)S(=O)(=O)CCCN)c1. The Hall–Kier alpha value is -1.27. The van der Waals surface area contributed by atoms with Gasteiger partial charge in [-0.15, -0.1) is 0 Å². The second-order valence-corrected chi connectivity index (χ2v) is 5.75. The molecule has 0 heterocycles. The van der Waals surface area contributed by atoms with Gasteiger partial charge in [0.2, 0.25) is 10.0 Å². The maximum Gasteiger partial charge on any atom is 0.234 e. The quantitative estimate of drug-likeness (QED) is 0.819. The number of methoxy groups -OCH3 is 1. The van der Waals surface area contributed by atoms with Gasteiger partial charge in [-0.1, -0.05) is 6.07 Å². The van der Waals surface area contributed by atoms with Gasteiger partial charge in [0, 0.05) is 13.1 Å². The van der Waals surface area contributed by atoms with E-state index in [0.717, 1.165) is 0 Å². The lowest BCUT2D eigenvalue weighted by Gasteiger charge is -2.19. The Bertz CT molecular complexity index is 460. The van der Waals surface area contributed by atoms with Crippen LogP contribution in [0.1, 0.15) is 6.42 Å². The van der Waals surface area contributed by atoms with Crippen molar-refractivity contribution in [3.8, 4) is 5.75 Å². The molecule has 96 valence electrons. The minimum atomic E-state index is -3.30. The van der Waals surface area contributed by atoms with Gasteiger partial charge in [-0.3, -0.25) is 4.31 Å². The second-order valence-electron chi connectivity index (χ2n) is 3.63. The van der Waals surface area contributed by atoms with Crippen molar-refractivity contribution in [1.82, 2.24) is 0 Å².